The molecule has 0 spiro atoms. The molecule has 0 saturated heterocycles. The molecule has 1 unspecified atom stereocenters. The van der Waals surface area contributed by atoms with Crippen LogP contribution in [0.2, 0.25) is 0 Å². The van der Waals surface area contributed by atoms with E-state index >= 15 is 0 Å². The first-order valence-corrected chi connectivity index (χ1v) is 7.26. The first kappa shape index (κ1) is 13.1. The molecule has 3 rings (SSSR count). The summed E-state index contributed by atoms with van der Waals surface area (Å²) in [7, 11) is 4.01. The van der Waals surface area contributed by atoms with Crippen molar-refractivity contribution in [1.82, 2.24) is 9.38 Å². The molecule has 1 aromatic carbocycles. The van der Waals surface area contributed by atoms with Crippen molar-refractivity contribution >= 4 is 21.9 Å². The molecular formula is C15H17N3OS. The van der Waals surface area contributed by atoms with Gasteiger partial charge in [0.15, 0.2) is 0 Å². The Kier molecular flexibility index (Phi) is 3.23. The van der Waals surface area contributed by atoms with E-state index in [1.165, 1.54) is 0 Å². The molecule has 1 N–H and O–H groups in total. The van der Waals surface area contributed by atoms with Crippen molar-refractivity contribution in [2.75, 3.05) is 19.0 Å². The van der Waals surface area contributed by atoms with Crippen molar-refractivity contribution in [2.45, 2.75) is 13.0 Å². The monoisotopic (exact) mass is 287 g/mol. The SMILES string of the molecule is Cc1sc2cncn2c1C(O)c1ccc(N(C)C)cc1. The number of aryl methyl sites for hydroxylation is 1. The number of hydrogen-bond acceptors (Lipinski definition) is 4. The zero-order chi connectivity index (χ0) is 14.3. The van der Waals surface area contributed by atoms with Gasteiger partial charge in [-0.2, -0.15) is 0 Å². The molecule has 0 bridgehead atoms. The number of hydrogen-bond donors (Lipinski definition) is 1. The number of benzene rings is 1. The van der Waals surface area contributed by atoms with Gasteiger partial charge in [0, 0.05) is 24.7 Å². The molecule has 0 amide bonds. The van der Waals surface area contributed by atoms with Crippen LogP contribution in [0.15, 0.2) is 36.8 Å². The summed E-state index contributed by atoms with van der Waals surface area (Å²) in [4.78, 5) is 8.35. The van der Waals surface area contributed by atoms with Gasteiger partial charge in [-0.15, -0.1) is 11.3 Å². The van der Waals surface area contributed by atoms with Gasteiger partial charge in [-0.25, -0.2) is 4.98 Å². The van der Waals surface area contributed by atoms with Crippen LogP contribution in [0.4, 0.5) is 5.69 Å². The average molecular weight is 287 g/mol. The fourth-order valence-electron chi connectivity index (χ4n) is 2.35. The standard InChI is InChI=1S/C15H17N3OS/c1-10-14(18-9-16-8-13(18)20-10)15(19)11-4-6-12(7-5-11)17(2)3/h4-9,15,19H,1-3H3. The van der Waals surface area contributed by atoms with Crippen molar-refractivity contribution in [3.05, 3.63) is 52.9 Å². The lowest BCUT2D eigenvalue weighted by molar-refractivity contribution is 0.214. The topological polar surface area (TPSA) is 40.8 Å². The predicted octanol–water partition coefficient (Wildman–Crippen LogP) is 2.85. The molecule has 1 atom stereocenters. The Bertz CT molecular complexity index is 727. The molecular weight excluding hydrogens is 270 g/mol. The van der Waals surface area contributed by atoms with Crippen LogP contribution < -0.4 is 4.90 Å². The van der Waals surface area contributed by atoms with Crippen molar-refractivity contribution < 1.29 is 5.11 Å². The third-order valence-corrected chi connectivity index (χ3v) is 4.49. The molecule has 3 aromatic rings. The summed E-state index contributed by atoms with van der Waals surface area (Å²) in [5, 5.41) is 10.7. The highest BCUT2D eigenvalue weighted by Crippen LogP contribution is 2.31. The summed E-state index contributed by atoms with van der Waals surface area (Å²) < 4.78 is 1.96. The Labute approximate surface area is 121 Å². The number of imidazole rings is 1. The summed E-state index contributed by atoms with van der Waals surface area (Å²) >= 11 is 1.65. The maximum atomic E-state index is 10.7. The molecule has 2 heterocycles. The number of aliphatic hydroxyl groups is 1. The number of fused-ring (bicyclic) bond motifs is 1. The second kappa shape index (κ2) is 4.92. The van der Waals surface area contributed by atoms with E-state index in [-0.39, 0.29) is 0 Å². The second-order valence-corrected chi connectivity index (χ2v) is 6.27. The zero-order valence-corrected chi connectivity index (χ0v) is 12.6. The van der Waals surface area contributed by atoms with Crippen LogP contribution >= 0.6 is 11.3 Å². The number of aromatic nitrogens is 2. The fourth-order valence-corrected chi connectivity index (χ4v) is 3.34. The second-order valence-electron chi connectivity index (χ2n) is 5.03. The normalized spacial score (nSPS) is 12.8. The number of thiazole rings is 1. The number of nitrogens with zero attached hydrogens (tertiary/aromatic N) is 3. The molecule has 0 radical (unpaired) electrons. The van der Waals surface area contributed by atoms with Crippen LogP contribution in [0.3, 0.4) is 0 Å². The molecule has 4 nitrogen and oxygen atoms in total. The van der Waals surface area contributed by atoms with Crippen molar-refractivity contribution in [3.8, 4) is 0 Å². The van der Waals surface area contributed by atoms with Gasteiger partial charge in [-0.05, 0) is 24.6 Å². The van der Waals surface area contributed by atoms with E-state index in [0.717, 1.165) is 26.7 Å². The predicted molar refractivity (Wildman–Crippen MR) is 82.6 cm³/mol. The average Bonchev–Trinajstić information content (AvgIpc) is 2.98. The van der Waals surface area contributed by atoms with E-state index in [4.69, 9.17) is 0 Å². The van der Waals surface area contributed by atoms with Crippen LogP contribution in [0.5, 0.6) is 0 Å². The largest absolute Gasteiger partial charge is 0.382 e. The Morgan fingerprint density at radius 1 is 1.25 bits per heavy atom. The van der Waals surface area contributed by atoms with E-state index in [0.29, 0.717) is 0 Å². The Balaban J connectivity index is 2.01. The molecule has 0 saturated carbocycles. The van der Waals surface area contributed by atoms with E-state index in [1.807, 2.05) is 60.8 Å². The smallest absolute Gasteiger partial charge is 0.120 e. The van der Waals surface area contributed by atoms with E-state index < -0.39 is 6.10 Å². The van der Waals surface area contributed by atoms with Crippen LogP contribution in [0.1, 0.15) is 22.2 Å². The molecule has 104 valence electrons. The van der Waals surface area contributed by atoms with E-state index in [1.54, 1.807) is 17.7 Å². The summed E-state index contributed by atoms with van der Waals surface area (Å²) in [6.45, 7) is 2.03. The van der Waals surface area contributed by atoms with E-state index in [9.17, 15) is 5.11 Å². The van der Waals surface area contributed by atoms with Crippen LogP contribution in [-0.4, -0.2) is 28.6 Å². The van der Waals surface area contributed by atoms with Crippen molar-refractivity contribution in [3.63, 3.8) is 0 Å². The maximum absolute atomic E-state index is 10.7. The van der Waals surface area contributed by atoms with Gasteiger partial charge in [0.2, 0.25) is 0 Å². The summed E-state index contributed by atoms with van der Waals surface area (Å²) in [5.74, 6) is 0. The highest BCUT2D eigenvalue weighted by Gasteiger charge is 2.19. The van der Waals surface area contributed by atoms with Crippen LogP contribution in [0, 0.1) is 6.92 Å². The first-order valence-electron chi connectivity index (χ1n) is 6.44. The first-order chi connectivity index (χ1) is 9.58. The molecule has 0 aliphatic carbocycles. The van der Waals surface area contributed by atoms with Gasteiger partial charge in [-0.1, -0.05) is 12.1 Å². The van der Waals surface area contributed by atoms with Crippen LogP contribution in [0.25, 0.3) is 4.83 Å². The van der Waals surface area contributed by atoms with Gasteiger partial charge in [0.1, 0.15) is 17.3 Å². The molecule has 2 aromatic heterocycles. The Morgan fingerprint density at radius 2 is 1.95 bits per heavy atom. The highest BCUT2D eigenvalue weighted by atomic mass is 32.1. The number of aliphatic hydroxyl groups excluding tert-OH is 1. The van der Waals surface area contributed by atoms with Gasteiger partial charge >= 0.3 is 0 Å². The lowest BCUT2D eigenvalue weighted by Gasteiger charge is -2.15. The van der Waals surface area contributed by atoms with Gasteiger partial charge in [-0.3, -0.25) is 4.40 Å². The molecule has 0 aliphatic rings. The van der Waals surface area contributed by atoms with Gasteiger partial charge < -0.3 is 10.0 Å². The minimum Gasteiger partial charge on any atom is -0.382 e. The van der Waals surface area contributed by atoms with Gasteiger partial charge in [0.05, 0.1) is 11.9 Å². The summed E-state index contributed by atoms with van der Waals surface area (Å²) in [5.41, 5.74) is 2.92. The lowest BCUT2D eigenvalue weighted by atomic mass is 10.1. The number of rotatable bonds is 3. The van der Waals surface area contributed by atoms with Crippen molar-refractivity contribution in [2.24, 2.45) is 0 Å². The quantitative estimate of drug-likeness (QED) is 0.805. The summed E-state index contributed by atoms with van der Waals surface area (Å²) in [6.07, 6.45) is 2.95. The zero-order valence-electron chi connectivity index (χ0n) is 11.7. The van der Waals surface area contributed by atoms with Gasteiger partial charge in [0.25, 0.3) is 0 Å². The Hall–Kier alpha value is -1.85. The fraction of sp³-hybridized carbons (Fsp3) is 0.267. The molecule has 0 fully saturated rings. The Morgan fingerprint density at radius 3 is 2.60 bits per heavy atom. The summed E-state index contributed by atoms with van der Waals surface area (Å²) in [6, 6.07) is 7.98. The third kappa shape index (κ3) is 2.09. The minimum atomic E-state index is -0.630. The van der Waals surface area contributed by atoms with E-state index in [2.05, 4.69) is 4.98 Å². The molecule has 20 heavy (non-hydrogen) atoms. The van der Waals surface area contributed by atoms with Crippen LogP contribution in [-0.2, 0) is 0 Å². The highest BCUT2D eigenvalue weighted by molar-refractivity contribution is 7.17. The lowest BCUT2D eigenvalue weighted by Crippen LogP contribution is -2.09. The minimum absolute atomic E-state index is 0.630. The van der Waals surface area contributed by atoms with Crippen molar-refractivity contribution in [1.29, 1.82) is 0 Å². The maximum Gasteiger partial charge on any atom is 0.120 e. The molecule has 0 aliphatic heterocycles. The number of anilines is 1. The molecule has 5 heteroatoms. The third-order valence-electron chi connectivity index (χ3n) is 3.47.